The Balaban J connectivity index is 5.24. The van der Waals surface area contributed by atoms with E-state index in [0.29, 0.717) is 25.7 Å². The van der Waals surface area contributed by atoms with Crippen LogP contribution >= 0.6 is 15.6 Å². The Hall–Kier alpha value is -1.94. The molecule has 0 aliphatic carbocycles. The average molecular weight is 1470 g/mol. The second-order valence-electron chi connectivity index (χ2n) is 29.9. The summed E-state index contributed by atoms with van der Waals surface area (Å²) in [5.74, 6) is -0.575. The summed E-state index contributed by atoms with van der Waals surface area (Å²) in [6.45, 7) is 9.63. The minimum Gasteiger partial charge on any atom is -0.462 e. The molecule has 3 N–H and O–H groups in total. The van der Waals surface area contributed by atoms with Gasteiger partial charge in [-0.25, -0.2) is 9.13 Å². The molecule has 0 bridgehead atoms. The third kappa shape index (κ3) is 73.0. The number of unbranched alkanes of at least 4 members (excludes halogenated alkanes) is 49. The SMILES string of the molecule is CCCCCCCCCCCCCCCCCCCCC(=O)OC[C@H](COP(=O)(O)OC[C@@H](O)COP(=O)(O)OC[C@@H](COC(=O)CCCCCCCCC(C)CC)OC(=O)CCCCCCCCCCCCCCCC)OC(=O)CCCCCCCCCCCCCCCCCC(C)C. The van der Waals surface area contributed by atoms with E-state index in [0.717, 1.165) is 108 Å². The maximum atomic E-state index is 13.1. The van der Waals surface area contributed by atoms with Crippen molar-refractivity contribution in [1.82, 2.24) is 0 Å². The van der Waals surface area contributed by atoms with Crippen LogP contribution in [-0.2, 0) is 65.4 Å². The number of phosphoric acid groups is 2. The smallest absolute Gasteiger partial charge is 0.462 e. The van der Waals surface area contributed by atoms with Crippen LogP contribution in [0.1, 0.15) is 427 Å². The molecule has 0 aliphatic heterocycles. The summed E-state index contributed by atoms with van der Waals surface area (Å²) in [5.41, 5.74) is 0. The predicted molar refractivity (Wildman–Crippen MR) is 409 cm³/mol. The van der Waals surface area contributed by atoms with Gasteiger partial charge in [0.1, 0.15) is 19.3 Å². The first-order valence-electron chi connectivity index (χ1n) is 42.0. The maximum absolute atomic E-state index is 13.1. The first-order valence-corrected chi connectivity index (χ1v) is 45.0. The van der Waals surface area contributed by atoms with Crippen LogP contribution in [0, 0.1) is 11.8 Å². The molecular weight excluding hydrogens is 1310 g/mol. The summed E-state index contributed by atoms with van der Waals surface area (Å²) in [5, 5.41) is 10.6. The molecule has 0 fully saturated rings. The Bertz CT molecular complexity index is 1930. The van der Waals surface area contributed by atoms with Crippen molar-refractivity contribution in [2.75, 3.05) is 39.6 Å². The standard InChI is InChI=1S/C81H158O17P2/c1-7-10-12-14-16-18-20-22-24-25-26-29-33-36-40-44-51-57-63-78(83)91-69-76(97-80(85)66-60-54-46-42-38-34-30-27-28-31-35-39-43-49-55-61-73(4)5)71-95-99(87,88)93-67-75(82)68-94-100(89,90)96-72-77(70-92-79(84)64-58-52-48-47-50-56-62-74(6)9-3)98-81(86)65-59-53-45-41-37-32-23-21-19-17-15-13-11-8-2/h73-77,82H,7-72H2,1-6H3,(H,87,88)(H,89,90)/t74?,75-,76-,77-/m1/s1. The number of hydrogen-bond donors (Lipinski definition) is 3. The van der Waals surface area contributed by atoms with Gasteiger partial charge in [0.2, 0.25) is 0 Å². The number of esters is 4. The highest BCUT2D eigenvalue weighted by atomic mass is 31.2. The fourth-order valence-corrected chi connectivity index (χ4v) is 14.1. The molecule has 594 valence electrons. The number of hydrogen-bond acceptors (Lipinski definition) is 15. The summed E-state index contributed by atoms with van der Waals surface area (Å²) in [7, 11) is -9.92. The molecule has 17 nitrogen and oxygen atoms in total. The van der Waals surface area contributed by atoms with Crippen LogP contribution in [0.2, 0.25) is 0 Å². The summed E-state index contributed by atoms with van der Waals surface area (Å²) in [6, 6.07) is 0. The molecule has 3 unspecified atom stereocenters. The lowest BCUT2D eigenvalue weighted by atomic mass is 10.00. The van der Waals surface area contributed by atoms with Gasteiger partial charge in [-0.3, -0.25) is 37.3 Å². The van der Waals surface area contributed by atoms with E-state index in [1.807, 2.05) is 0 Å². The molecule has 0 aromatic heterocycles. The molecule has 0 heterocycles. The summed E-state index contributed by atoms with van der Waals surface area (Å²) in [4.78, 5) is 73.0. The Morgan fingerprint density at radius 2 is 0.510 bits per heavy atom. The van der Waals surface area contributed by atoms with E-state index in [-0.39, 0.29) is 25.7 Å². The van der Waals surface area contributed by atoms with Crippen molar-refractivity contribution in [3.8, 4) is 0 Å². The van der Waals surface area contributed by atoms with Gasteiger partial charge in [0.15, 0.2) is 12.2 Å². The number of ether oxygens (including phenoxy) is 4. The Morgan fingerprint density at radius 1 is 0.290 bits per heavy atom. The van der Waals surface area contributed by atoms with Crippen LogP contribution in [0.4, 0.5) is 0 Å². The average Bonchev–Trinajstić information content (AvgIpc) is 0.949. The van der Waals surface area contributed by atoms with Gasteiger partial charge in [-0.2, -0.15) is 0 Å². The second-order valence-corrected chi connectivity index (χ2v) is 32.8. The van der Waals surface area contributed by atoms with Gasteiger partial charge in [0.25, 0.3) is 0 Å². The van der Waals surface area contributed by atoms with E-state index in [2.05, 4.69) is 41.5 Å². The van der Waals surface area contributed by atoms with Crippen molar-refractivity contribution in [2.45, 2.75) is 445 Å². The van der Waals surface area contributed by atoms with Crippen LogP contribution in [0.15, 0.2) is 0 Å². The summed E-state index contributed by atoms with van der Waals surface area (Å²) in [6.07, 6.45) is 62.4. The fraction of sp³-hybridized carbons (Fsp3) is 0.951. The Morgan fingerprint density at radius 3 is 0.760 bits per heavy atom. The highest BCUT2D eigenvalue weighted by molar-refractivity contribution is 7.47. The van der Waals surface area contributed by atoms with Gasteiger partial charge in [-0.1, -0.05) is 375 Å². The van der Waals surface area contributed by atoms with Gasteiger partial charge < -0.3 is 33.8 Å². The molecule has 0 aromatic rings. The molecule has 0 amide bonds. The van der Waals surface area contributed by atoms with Crippen LogP contribution < -0.4 is 0 Å². The van der Waals surface area contributed by atoms with Gasteiger partial charge in [-0.15, -0.1) is 0 Å². The molecule has 6 atom stereocenters. The zero-order valence-electron chi connectivity index (χ0n) is 65.5. The molecule has 100 heavy (non-hydrogen) atoms. The zero-order chi connectivity index (χ0) is 73.5. The number of phosphoric ester groups is 2. The normalized spacial score (nSPS) is 14.2. The van der Waals surface area contributed by atoms with E-state index in [1.165, 1.54) is 238 Å². The lowest BCUT2D eigenvalue weighted by Gasteiger charge is -2.21. The number of rotatable bonds is 80. The maximum Gasteiger partial charge on any atom is 0.472 e. The van der Waals surface area contributed by atoms with E-state index >= 15 is 0 Å². The molecule has 0 spiro atoms. The van der Waals surface area contributed by atoms with Crippen LogP contribution in [0.3, 0.4) is 0 Å². The van der Waals surface area contributed by atoms with Crippen LogP contribution in [0.25, 0.3) is 0 Å². The number of carbonyl (C=O) groups excluding carboxylic acids is 4. The van der Waals surface area contributed by atoms with Crippen LogP contribution in [0.5, 0.6) is 0 Å². The molecule has 0 aliphatic rings. The number of aliphatic hydroxyl groups is 1. The van der Waals surface area contributed by atoms with Crippen molar-refractivity contribution in [1.29, 1.82) is 0 Å². The largest absolute Gasteiger partial charge is 0.472 e. The van der Waals surface area contributed by atoms with Crippen molar-refractivity contribution in [3.05, 3.63) is 0 Å². The molecule has 0 aromatic carbocycles. The van der Waals surface area contributed by atoms with E-state index in [4.69, 9.17) is 37.0 Å². The van der Waals surface area contributed by atoms with Crippen LogP contribution in [-0.4, -0.2) is 96.7 Å². The third-order valence-electron chi connectivity index (χ3n) is 19.3. The van der Waals surface area contributed by atoms with Gasteiger partial charge in [0.05, 0.1) is 26.4 Å². The molecule has 0 rings (SSSR count). The molecule has 0 saturated carbocycles. The first-order chi connectivity index (χ1) is 48.4. The van der Waals surface area contributed by atoms with Crippen molar-refractivity contribution >= 4 is 39.5 Å². The molecule has 0 radical (unpaired) electrons. The van der Waals surface area contributed by atoms with Crippen molar-refractivity contribution < 1.29 is 80.2 Å². The lowest BCUT2D eigenvalue weighted by Crippen LogP contribution is -2.30. The lowest BCUT2D eigenvalue weighted by molar-refractivity contribution is -0.161. The quantitative estimate of drug-likeness (QED) is 0.0222. The summed E-state index contributed by atoms with van der Waals surface area (Å²) < 4.78 is 68.7. The predicted octanol–water partition coefficient (Wildman–Crippen LogP) is 24.3. The van der Waals surface area contributed by atoms with E-state index in [1.54, 1.807) is 0 Å². The Labute approximate surface area is 613 Å². The van der Waals surface area contributed by atoms with Gasteiger partial charge in [0, 0.05) is 25.7 Å². The first kappa shape index (κ1) is 98.1. The highest BCUT2D eigenvalue weighted by Crippen LogP contribution is 2.45. The highest BCUT2D eigenvalue weighted by Gasteiger charge is 2.30. The minimum absolute atomic E-state index is 0.107. The minimum atomic E-state index is -4.96. The van der Waals surface area contributed by atoms with Crippen molar-refractivity contribution in [3.63, 3.8) is 0 Å². The fourth-order valence-electron chi connectivity index (χ4n) is 12.5. The van der Waals surface area contributed by atoms with E-state index < -0.39 is 97.5 Å². The molecular formula is C81H158O17P2. The molecule has 0 saturated heterocycles. The Kier molecular flexibility index (Phi) is 71.2. The monoisotopic (exact) mass is 1470 g/mol. The third-order valence-corrected chi connectivity index (χ3v) is 21.2. The van der Waals surface area contributed by atoms with Crippen molar-refractivity contribution in [2.24, 2.45) is 11.8 Å². The van der Waals surface area contributed by atoms with E-state index in [9.17, 15) is 43.2 Å². The molecule has 19 heteroatoms. The van der Waals surface area contributed by atoms with Gasteiger partial charge >= 0.3 is 39.5 Å². The number of aliphatic hydroxyl groups excluding tert-OH is 1. The van der Waals surface area contributed by atoms with Gasteiger partial charge in [-0.05, 0) is 37.5 Å². The summed E-state index contributed by atoms with van der Waals surface area (Å²) >= 11 is 0. The zero-order valence-corrected chi connectivity index (χ0v) is 67.3. The topological polar surface area (TPSA) is 237 Å². The second kappa shape index (κ2) is 72.6. The number of carbonyl (C=O) groups is 4.